The Balaban J connectivity index is 2.60. The van der Waals surface area contributed by atoms with Crippen LogP contribution in [0.1, 0.15) is 26.3 Å². The molecule has 1 aromatic rings. The highest BCUT2D eigenvalue weighted by Gasteiger charge is 2.19. The minimum Gasteiger partial charge on any atom is -0.344 e. The summed E-state index contributed by atoms with van der Waals surface area (Å²) in [4.78, 5) is 25.7. The van der Waals surface area contributed by atoms with Crippen molar-refractivity contribution in [2.24, 2.45) is 0 Å². The van der Waals surface area contributed by atoms with E-state index in [1.807, 2.05) is 13.8 Å². The maximum absolute atomic E-state index is 12.1. The van der Waals surface area contributed by atoms with Crippen molar-refractivity contribution in [2.45, 2.75) is 33.2 Å². The molecular formula is C15H20Cl2N2O2. The first-order valence-electron chi connectivity index (χ1n) is 6.91. The zero-order chi connectivity index (χ0) is 16.0. The van der Waals surface area contributed by atoms with Crippen molar-refractivity contribution in [1.82, 2.24) is 10.2 Å². The van der Waals surface area contributed by atoms with Gasteiger partial charge >= 0.3 is 0 Å². The second-order valence-corrected chi connectivity index (χ2v) is 5.54. The first-order chi connectivity index (χ1) is 9.88. The van der Waals surface area contributed by atoms with E-state index in [0.717, 1.165) is 5.56 Å². The molecule has 0 saturated heterocycles. The molecule has 0 bridgehead atoms. The van der Waals surface area contributed by atoms with E-state index >= 15 is 0 Å². The van der Waals surface area contributed by atoms with Crippen molar-refractivity contribution >= 4 is 35.0 Å². The first kappa shape index (κ1) is 17.8. The molecule has 1 rings (SSSR count). The molecule has 0 fully saturated rings. The van der Waals surface area contributed by atoms with Gasteiger partial charge in [0.15, 0.2) is 0 Å². The Morgan fingerprint density at radius 2 is 1.81 bits per heavy atom. The van der Waals surface area contributed by atoms with Crippen LogP contribution in [0.3, 0.4) is 0 Å². The highest BCUT2D eigenvalue weighted by Crippen LogP contribution is 2.22. The van der Waals surface area contributed by atoms with Gasteiger partial charge in [0.05, 0.1) is 16.5 Å². The van der Waals surface area contributed by atoms with E-state index in [0.29, 0.717) is 23.1 Å². The molecule has 21 heavy (non-hydrogen) atoms. The van der Waals surface area contributed by atoms with Crippen LogP contribution in [0.15, 0.2) is 18.2 Å². The average molecular weight is 331 g/mol. The highest BCUT2D eigenvalue weighted by molar-refractivity contribution is 6.42. The van der Waals surface area contributed by atoms with E-state index in [2.05, 4.69) is 5.32 Å². The highest BCUT2D eigenvalue weighted by atomic mass is 35.5. The minimum absolute atomic E-state index is 0.0810. The van der Waals surface area contributed by atoms with Crippen molar-refractivity contribution < 1.29 is 9.59 Å². The van der Waals surface area contributed by atoms with Crippen molar-refractivity contribution in [2.75, 3.05) is 13.1 Å². The summed E-state index contributed by atoms with van der Waals surface area (Å²) >= 11 is 11.7. The van der Waals surface area contributed by atoms with Gasteiger partial charge in [0.25, 0.3) is 0 Å². The summed E-state index contributed by atoms with van der Waals surface area (Å²) in [6.45, 7) is 6.76. The predicted molar refractivity (Wildman–Crippen MR) is 85.7 cm³/mol. The molecule has 1 N–H and O–H groups in total. The van der Waals surface area contributed by atoms with E-state index in [-0.39, 0.29) is 18.2 Å². The molecule has 116 valence electrons. The topological polar surface area (TPSA) is 49.4 Å². The average Bonchev–Trinajstić information content (AvgIpc) is 2.44. The van der Waals surface area contributed by atoms with Crippen LogP contribution in [-0.2, 0) is 16.0 Å². The summed E-state index contributed by atoms with van der Waals surface area (Å²) in [6.07, 6.45) is 0.159. The molecule has 0 aromatic heterocycles. The summed E-state index contributed by atoms with van der Waals surface area (Å²) in [5.41, 5.74) is 0.754. The lowest BCUT2D eigenvalue weighted by Crippen LogP contribution is -2.47. The lowest BCUT2D eigenvalue weighted by molar-refractivity contribution is -0.135. The zero-order valence-electron chi connectivity index (χ0n) is 12.5. The molecule has 0 radical (unpaired) electrons. The molecule has 1 unspecified atom stereocenters. The van der Waals surface area contributed by atoms with Gasteiger partial charge in [0.2, 0.25) is 11.8 Å². The SMILES string of the molecule is CCN(CC)C(=O)C(C)NC(=O)Cc1ccc(Cl)c(Cl)c1. The molecule has 0 aliphatic carbocycles. The number of hydrogen-bond acceptors (Lipinski definition) is 2. The van der Waals surface area contributed by atoms with Crippen molar-refractivity contribution in [3.05, 3.63) is 33.8 Å². The normalized spacial score (nSPS) is 11.9. The summed E-state index contributed by atoms with van der Waals surface area (Å²) in [5, 5.41) is 3.57. The fourth-order valence-corrected chi connectivity index (χ4v) is 2.32. The fourth-order valence-electron chi connectivity index (χ4n) is 2.00. The number of carbonyl (C=O) groups excluding carboxylic acids is 2. The molecule has 2 amide bonds. The molecule has 4 nitrogen and oxygen atoms in total. The number of benzene rings is 1. The lowest BCUT2D eigenvalue weighted by atomic mass is 10.1. The molecule has 0 heterocycles. The van der Waals surface area contributed by atoms with Crippen LogP contribution >= 0.6 is 23.2 Å². The molecule has 6 heteroatoms. The number of likely N-dealkylation sites (N-methyl/N-ethyl adjacent to an activating group) is 1. The van der Waals surface area contributed by atoms with Crippen molar-refractivity contribution in [1.29, 1.82) is 0 Å². The molecule has 0 aliphatic rings. The van der Waals surface area contributed by atoms with E-state index in [1.165, 1.54) is 0 Å². The van der Waals surface area contributed by atoms with Gasteiger partial charge in [-0.15, -0.1) is 0 Å². The minimum atomic E-state index is -0.542. The predicted octanol–water partition coefficient (Wildman–Crippen LogP) is 2.91. The summed E-state index contributed by atoms with van der Waals surface area (Å²) in [5.74, 6) is -0.302. The van der Waals surface area contributed by atoms with Gasteiger partial charge in [-0.3, -0.25) is 9.59 Å². The van der Waals surface area contributed by atoms with Crippen LogP contribution < -0.4 is 5.32 Å². The summed E-state index contributed by atoms with van der Waals surface area (Å²) < 4.78 is 0. The first-order valence-corrected chi connectivity index (χ1v) is 7.66. The maximum atomic E-state index is 12.1. The Labute approximate surface area is 135 Å². The molecule has 0 saturated carbocycles. The number of nitrogens with zero attached hydrogens (tertiary/aromatic N) is 1. The van der Waals surface area contributed by atoms with E-state index in [1.54, 1.807) is 30.0 Å². The van der Waals surface area contributed by atoms with Gasteiger partial charge in [-0.25, -0.2) is 0 Å². The van der Waals surface area contributed by atoms with Gasteiger partial charge in [0, 0.05) is 13.1 Å². The van der Waals surface area contributed by atoms with Crippen LogP contribution in [0.2, 0.25) is 10.0 Å². The second-order valence-electron chi connectivity index (χ2n) is 4.72. The molecule has 1 atom stereocenters. The smallest absolute Gasteiger partial charge is 0.244 e. The van der Waals surface area contributed by atoms with Crippen LogP contribution in [0.25, 0.3) is 0 Å². The molecule has 1 aromatic carbocycles. The number of halogens is 2. The van der Waals surface area contributed by atoms with Gasteiger partial charge in [-0.1, -0.05) is 29.3 Å². The third-order valence-electron chi connectivity index (χ3n) is 3.17. The van der Waals surface area contributed by atoms with Crippen LogP contribution in [0.4, 0.5) is 0 Å². The Bertz CT molecular complexity index is 516. The third-order valence-corrected chi connectivity index (χ3v) is 3.91. The van der Waals surface area contributed by atoms with E-state index in [9.17, 15) is 9.59 Å². The Kier molecular flexibility index (Phi) is 6.99. The largest absolute Gasteiger partial charge is 0.344 e. The number of rotatable bonds is 6. The Hall–Kier alpha value is -1.26. The second kappa shape index (κ2) is 8.25. The van der Waals surface area contributed by atoms with Crippen LogP contribution in [0.5, 0.6) is 0 Å². The maximum Gasteiger partial charge on any atom is 0.244 e. The molecule has 0 aliphatic heterocycles. The summed E-state index contributed by atoms with van der Waals surface area (Å²) in [7, 11) is 0. The number of hydrogen-bond donors (Lipinski definition) is 1. The van der Waals surface area contributed by atoms with Gasteiger partial charge in [-0.05, 0) is 38.5 Å². The molecular weight excluding hydrogens is 311 g/mol. The monoisotopic (exact) mass is 330 g/mol. The standard InChI is InChI=1S/C15H20Cl2N2O2/c1-4-19(5-2)15(21)10(3)18-14(20)9-11-6-7-12(16)13(17)8-11/h6-8,10H,4-5,9H2,1-3H3,(H,18,20). The molecule has 0 spiro atoms. The van der Waals surface area contributed by atoms with Crippen molar-refractivity contribution in [3.63, 3.8) is 0 Å². The lowest BCUT2D eigenvalue weighted by Gasteiger charge is -2.23. The quantitative estimate of drug-likeness (QED) is 0.871. The summed E-state index contributed by atoms with van der Waals surface area (Å²) in [6, 6.07) is 4.50. The zero-order valence-corrected chi connectivity index (χ0v) is 14.0. The van der Waals surface area contributed by atoms with E-state index in [4.69, 9.17) is 23.2 Å². The number of carbonyl (C=O) groups is 2. The van der Waals surface area contributed by atoms with Crippen molar-refractivity contribution in [3.8, 4) is 0 Å². The Morgan fingerprint density at radius 1 is 1.19 bits per heavy atom. The van der Waals surface area contributed by atoms with Gasteiger partial charge in [0.1, 0.15) is 6.04 Å². The van der Waals surface area contributed by atoms with E-state index < -0.39 is 6.04 Å². The number of amides is 2. The third kappa shape index (κ3) is 5.21. The van der Waals surface area contributed by atoms with Crippen LogP contribution in [-0.4, -0.2) is 35.8 Å². The Morgan fingerprint density at radius 3 is 2.33 bits per heavy atom. The fraction of sp³-hybridized carbons (Fsp3) is 0.467. The van der Waals surface area contributed by atoms with Gasteiger partial charge < -0.3 is 10.2 Å². The van der Waals surface area contributed by atoms with Crippen LogP contribution in [0, 0.1) is 0 Å². The number of nitrogens with one attached hydrogen (secondary N) is 1. The van der Waals surface area contributed by atoms with Gasteiger partial charge in [-0.2, -0.15) is 0 Å².